The first-order chi connectivity index (χ1) is 7.14. The third-order valence-corrected chi connectivity index (χ3v) is 3.05. The third kappa shape index (κ3) is 3.61. The maximum atomic E-state index is 12.0. The largest absolute Gasteiger partial charge is 0.380 e. The van der Waals surface area contributed by atoms with Crippen molar-refractivity contribution in [2.45, 2.75) is 38.6 Å². The highest BCUT2D eigenvalue weighted by atomic mass is 35.5. The van der Waals surface area contributed by atoms with E-state index in [4.69, 9.17) is 10.5 Å². The molecule has 1 fully saturated rings. The number of carbonyl (C=O) groups is 1. The minimum absolute atomic E-state index is 0. The summed E-state index contributed by atoms with van der Waals surface area (Å²) in [4.78, 5) is 13.8. The molecule has 5 heteroatoms. The van der Waals surface area contributed by atoms with Crippen molar-refractivity contribution in [3.05, 3.63) is 0 Å². The quantitative estimate of drug-likeness (QED) is 0.720. The van der Waals surface area contributed by atoms with E-state index in [1.165, 1.54) is 0 Å². The first kappa shape index (κ1) is 15.7. The fourth-order valence-electron chi connectivity index (χ4n) is 1.81. The number of nitrogens with zero attached hydrogens (tertiary/aromatic N) is 1. The van der Waals surface area contributed by atoms with Gasteiger partial charge in [0.25, 0.3) is 0 Å². The van der Waals surface area contributed by atoms with Crippen LogP contribution in [0.5, 0.6) is 0 Å². The van der Waals surface area contributed by atoms with E-state index in [1.807, 2.05) is 13.8 Å². The molecule has 0 aromatic carbocycles. The number of hydrogen-bond acceptors (Lipinski definition) is 3. The zero-order valence-corrected chi connectivity index (χ0v) is 11.0. The maximum absolute atomic E-state index is 12.0. The first-order valence-electron chi connectivity index (χ1n) is 5.80. The maximum Gasteiger partial charge on any atom is 0.242 e. The molecule has 0 heterocycles. The van der Waals surface area contributed by atoms with Gasteiger partial charge < -0.3 is 15.4 Å². The van der Waals surface area contributed by atoms with Crippen LogP contribution in [0.4, 0.5) is 0 Å². The van der Waals surface area contributed by atoms with Crippen molar-refractivity contribution in [2.75, 3.05) is 26.3 Å². The lowest BCUT2D eigenvalue weighted by Crippen LogP contribution is -2.59. The second kappa shape index (κ2) is 7.09. The topological polar surface area (TPSA) is 55.6 Å². The Balaban J connectivity index is 0.00000225. The normalized spacial score (nSPS) is 17.2. The molecule has 0 atom stereocenters. The molecule has 0 saturated heterocycles. The van der Waals surface area contributed by atoms with E-state index in [2.05, 4.69) is 0 Å². The fraction of sp³-hybridized carbons (Fsp3) is 0.909. The summed E-state index contributed by atoms with van der Waals surface area (Å²) in [5.74, 6) is 0.0935. The van der Waals surface area contributed by atoms with E-state index in [0.29, 0.717) is 26.3 Å². The average molecular weight is 251 g/mol. The van der Waals surface area contributed by atoms with Crippen LogP contribution in [0, 0.1) is 0 Å². The molecule has 1 aliphatic rings. The molecule has 2 N–H and O–H groups in total. The monoisotopic (exact) mass is 250 g/mol. The van der Waals surface area contributed by atoms with Crippen LogP contribution in [0.15, 0.2) is 0 Å². The Bertz CT molecular complexity index is 220. The summed E-state index contributed by atoms with van der Waals surface area (Å²) in [7, 11) is 0. The number of carbonyl (C=O) groups excluding carboxylic acids is 1. The Morgan fingerprint density at radius 2 is 2.06 bits per heavy atom. The standard InChI is InChI=1S/C11H22N2O2.ClH/c1-3-13(8-9-15-4-2)10(14)11(12)6-5-7-11;/h3-9,12H2,1-2H3;1H. The Morgan fingerprint density at radius 1 is 1.44 bits per heavy atom. The van der Waals surface area contributed by atoms with E-state index in [9.17, 15) is 4.79 Å². The van der Waals surface area contributed by atoms with Crippen LogP contribution in [-0.4, -0.2) is 42.6 Å². The van der Waals surface area contributed by atoms with Crippen LogP contribution in [0.25, 0.3) is 0 Å². The lowest BCUT2D eigenvalue weighted by atomic mass is 9.76. The summed E-state index contributed by atoms with van der Waals surface area (Å²) in [6, 6.07) is 0. The van der Waals surface area contributed by atoms with Gasteiger partial charge in [-0.25, -0.2) is 0 Å². The fourth-order valence-corrected chi connectivity index (χ4v) is 1.81. The van der Waals surface area contributed by atoms with Gasteiger partial charge in [-0.2, -0.15) is 0 Å². The van der Waals surface area contributed by atoms with Crippen LogP contribution in [0.1, 0.15) is 33.1 Å². The molecule has 1 amide bonds. The molecule has 96 valence electrons. The third-order valence-electron chi connectivity index (χ3n) is 3.05. The van der Waals surface area contributed by atoms with Crippen molar-refractivity contribution in [3.63, 3.8) is 0 Å². The smallest absolute Gasteiger partial charge is 0.242 e. The van der Waals surface area contributed by atoms with Crippen molar-refractivity contribution in [1.82, 2.24) is 4.90 Å². The van der Waals surface area contributed by atoms with Crippen LogP contribution in [-0.2, 0) is 9.53 Å². The first-order valence-corrected chi connectivity index (χ1v) is 5.80. The average Bonchev–Trinajstić information content (AvgIpc) is 2.20. The van der Waals surface area contributed by atoms with Crippen LogP contribution < -0.4 is 5.73 Å². The second-order valence-electron chi connectivity index (χ2n) is 4.09. The summed E-state index contributed by atoms with van der Waals surface area (Å²) in [5, 5.41) is 0. The molecule has 0 aromatic rings. The van der Waals surface area contributed by atoms with Crippen LogP contribution in [0.2, 0.25) is 0 Å². The van der Waals surface area contributed by atoms with Crippen molar-refractivity contribution < 1.29 is 9.53 Å². The molecule has 0 unspecified atom stereocenters. The second-order valence-corrected chi connectivity index (χ2v) is 4.09. The SMILES string of the molecule is CCOCCN(CC)C(=O)C1(N)CCC1.Cl. The molecule has 1 rings (SSSR count). The Hall–Kier alpha value is -0.320. The van der Waals surface area contributed by atoms with Gasteiger partial charge in [-0.05, 0) is 33.1 Å². The molecule has 0 aliphatic heterocycles. The molecule has 0 spiro atoms. The van der Waals surface area contributed by atoms with E-state index in [-0.39, 0.29) is 18.3 Å². The number of ether oxygens (including phenoxy) is 1. The zero-order valence-electron chi connectivity index (χ0n) is 10.2. The molecule has 0 bridgehead atoms. The van der Waals surface area contributed by atoms with Crippen molar-refractivity contribution in [1.29, 1.82) is 0 Å². The summed E-state index contributed by atoms with van der Waals surface area (Å²) < 4.78 is 5.25. The molecular formula is C11H23ClN2O2. The molecule has 16 heavy (non-hydrogen) atoms. The van der Waals surface area contributed by atoms with Gasteiger partial charge >= 0.3 is 0 Å². The van der Waals surface area contributed by atoms with Crippen molar-refractivity contribution in [3.8, 4) is 0 Å². The summed E-state index contributed by atoms with van der Waals surface area (Å²) in [6.45, 7) is 6.60. The van der Waals surface area contributed by atoms with E-state index in [1.54, 1.807) is 4.90 Å². The van der Waals surface area contributed by atoms with Gasteiger partial charge in [-0.1, -0.05) is 0 Å². The number of amides is 1. The molecule has 4 nitrogen and oxygen atoms in total. The summed E-state index contributed by atoms with van der Waals surface area (Å²) in [5.41, 5.74) is 5.43. The van der Waals surface area contributed by atoms with E-state index in [0.717, 1.165) is 19.3 Å². The van der Waals surface area contributed by atoms with Gasteiger partial charge in [0, 0.05) is 19.7 Å². The Labute approximate surface area is 104 Å². The molecule has 1 saturated carbocycles. The number of hydrogen-bond donors (Lipinski definition) is 1. The van der Waals surface area contributed by atoms with E-state index >= 15 is 0 Å². The van der Waals surface area contributed by atoms with E-state index < -0.39 is 5.54 Å². The van der Waals surface area contributed by atoms with Gasteiger partial charge in [0.2, 0.25) is 5.91 Å². The van der Waals surface area contributed by atoms with Crippen LogP contribution in [0.3, 0.4) is 0 Å². The summed E-state index contributed by atoms with van der Waals surface area (Å²) >= 11 is 0. The highest BCUT2D eigenvalue weighted by Crippen LogP contribution is 2.30. The molecule has 1 aliphatic carbocycles. The minimum atomic E-state index is -0.567. The lowest BCUT2D eigenvalue weighted by Gasteiger charge is -2.40. The number of rotatable bonds is 6. The van der Waals surface area contributed by atoms with Gasteiger partial charge in [-0.3, -0.25) is 4.79 Å². The predicted octanol–water partition coefficient (Wildman–Crippen LogP) is 1.17. The Morgan fingerprint density at radius 3 is 2.44 bits per heavy atom. The lowest BCUT2D eigenvalue weighted by molar-refractivity contribution is -0.140. The summed E-state index contributed by atoms with van der Waals surface area (Å²) in [6.07, 6.45) is 2.74. The molecule has 0 radical (unpaired) electrons. The van der Waals surface area contributed by atoms with Gasteiger partial charge in [0.15, 0.2) is 0 Å². The van der Waals surface area contributed by atoms with Crippen molar-refractivity contribution >= 4 is 18.3 Å². The highest BCUT2D eigenvalue weighted by Gasteiger charge is 2.42. The predicted molar refractivity (Wildman–Crippen MR) is 66.8 cm³/mol. The minimum Gasteiger partial charge on any atom is -0.380 e. The van der Waals surface area contributed by atoms with Gasteiger partial charge in [0.1, 0.15) is 0 Å². The van der Waals surface area contributed by atoms with Crippen molar-refractivity contribution in [2.24, 2.45) is 5.73 Å². The molecule has 0 aromatic heterocycles. The zero-order chi connectivity index (χ0) is 11.3. The van der Waals surface area contributed by atoms with Crippen LogP contribution >= 0.6 is 12.4 Å². The Kier molecular flexibility index (Phi) is 6.95. The highest BCUT2D eigenvalue weighted by molar-refractivity contribution is 5.87. The van der Waals surface area contributed by atoms with Gasteiger partial charge in [-0.15, -0.1) is 12.4 Å². The molecular weight excluding hydrogens is 228 g/mol. The number of halogens is 1. The van der Waals surface area contributed by atoms with Gasteiger partial charge in [0.05, 0.1) is 12.1 Å². The number of nitrogens with two attached hydrogens (primary N) is 1. The number of likely N-dealkylation sites (N-methyl/N-ethyl adjacent to an activating group) is 1.